The Morgan fingerprint density at radius 3 is 2.26 bits per heavy atom. The molecule has 0 aliphatic carbocycles. The van der Waals surface area contributed by atoms with Crippen LogP contribution in [-0.2, 0) is 26.2 Å². The summed E-state index contributed by atoms with van der Waals surface area (Å²) >= 11 is 15.7. The second kappa shape index (κ2) is 12.2. The molecule has 0 aromatic heterocycles. The van der Waals surface area contributed by atoms with Crippen molar-refractivity contribution < 1.29 is 18.0 Å². The van der Waals surface area contributed by atoms with Gasteiger partial charge in [0.15, 0.2) is 0 Å². The average molecular weight is 593 g/mol. The quantitative estimate of drug-likeness (QED) is 0.427. The summed E-state index contributed by atoms with van der Waals surface area (Å²) < 4.78 is 27.0. The highest BCUT2D eigenvalue weighted by molar-refractivity contribution is 9.10. The summed E-state index contributed by atoms with van der Waals surface area (Å²) in [6.07, 6.45) is 1.71. The zero-order chi connectivity index (χ0) is 25.6. The van der Waals surface area contributed by atoms with Crippen molar-refractivity contribution in [3.05, 3.63) is 62.5 Å². The Labute approximate surface area is 219 Å². The van der Waals surface area contributed by atoms with Gasteiger partial charge in [-0.3, -0.25) is 13.9 Å². The molecule has 2 amide bonds. The number of anilines is 1. The molecule has 0 aliphatic rings. The van der Waals surface area contributed by atoms with E-state index in [-0.39, 0.29) is 34.2 Å². The van der Waals surface area contributed by atoms with Crippen LogP contribution in [0, 0.1) is 0 Å². The SMILES string of the molecule is CC[C@H](C)NC(=O)[C@@H](C)N(Cc1ccc(Br)cc1)C(=O)CN(c1cccc(Cl)c1Cl)S(C)(=O)=O. The third-order valence-electron chi connectivity index (χ3n) is 5.31. The minimum atomic E-state index is -3.90. The third kappa shape index (κ3) is 7.60. The summed E-state index contributed by atoms with van der Waals surface area (Å²) in [7, 11) is -3.90. The van der Waals surface area contributed by atoms with Gasteiger partial charge in [-0.05, 0) is 50.1 Å². The van der Waals surface area contributed by atoms with Crippen LogP contribution in [0.5, 0.6) is 0 Å². The summed E-state index contributed by atoms with van der Waals surface area (Å²) in [4.78, 5) is 27.7. The molecular formula is C23H28BrCl2N3O4S. The summed E-state index contributed by atoms with van der Waals surface area (Å²) in [5.41, 5.74) is 0.872. The van der Waals surface area contributed by atoms with Crippen molar-refractivity contribution in [3.8, 4) is 0 Å². The molecule has 2 rings (SSSR count). The maximum absolute atomic E-state index is 13.5. The number of hydrogen-bond donors (Lipinski definition) is 1. The molecular weight excluding hydrogens is 565 g/mol. The standard InChI is InChI=1S/C23H28BrCl2N3O4S/c1-5-15(2)27-23(31)16(3)28(13-17-9-11-18(24)12-10-17)21(30)14-29(34(4,32)33)20-8-6-7-19(25)22(20)26/h6-12,15-16H,5,13-14H2,1-4H3,(H,27,31)/t15-,16+/m0/s1. The van der Waals surface area contributed by atoms with Gasteiger partial charge in [0.25, 0.3) is 0 Å². The number of rotatable bonds is 10. The maximum atomic E-state index is 13.5. The zero-order valence-corrected chi connectivity index (χ0v) is 23.3. The summed E-state index contributed by atoms with van der Waals surface area (Å²) in [5.74, 6) is -0.886. The van der Waals surface area contributed by atoms with Gasteiger partial charge in [0.1, 0.15) is 12.6 Å². The first kappa shape index (κ1) is 28.4. The van der Waals surface area contributed by atoms with Crippen molar-refractivity contribution in [2.75, 3.05) is 17.1 Å². The maximum Gasteiger partial charge on any atom is 0.244 e. The molecule has 34 heavy (non-hydrogen) atoms. The predicted molar refractivity (Wildman–Crippen MR) is 141 cm³/mol. The van der Waals surface area contributed by atoms with Crippen molar-refractivity contribution in [1.29, 1.82) is 0 Å². The molecule has 2 aromatic rings. The van der Waals surface area contributed by atoms with Gasteiger partial charge in [-0.25, -0.2) is 8.42 Å². The number of hydrogen-bond acceptors (Lipinski definition) is 4. The van der Waals surface area contributed by atoms with Gasteiger partial charge >= 0.3 is 0 Å². The number of halogens is 3. The fourth-order valence-corrected chi connectivity index (χ4v) is 4.68. The molecule has 0 bridgehead atoms. The van der Waals surface area contributed by atoms with E-state index < -0.39 is 28.5 Å². The first-order valence-electron chi connectivity index (χ1n) is 10.6. The van der Waals surface area contributed by atoms with E-state index in [0.29, 0.717) is 0 Å². The first-order chi connectivity index (χ1) is 15.8. The Balaban J connectivity index is 2.42. The van der Waals surface area contributed by atoms with Crippen LogP contribution in [0.1, 0.15) is 32.8 Å². The largest absolute Gasteiger partial charge is 0.352 e. The van der Waals surface area contributed by atoms with Crippen LogP contribution >= 0.6 is 39.1 Å². The summed E-state index contributed by atoms with van der Waals surface area (Å²) in [5, 5.41) is 3.06. The Hall–Kier alpha value is -1.81. The van der Waals surface area contributed by atoms with Crippen LogP contribution in [0.3, 0.4) is 0 Å². The van der Waals surface area contributed by atoms with Crippen molar-refractivity contribution in [2.45, 2.75) is 45.8 Å². The second-order valence-electron chi connectivity index (χ2n) is 7.98. The van der Waals surface area contributed by atoms with E-state index in [9.17, 15) is 18.0 Å². The van der Waals surface area contributed by atoms with Gasteiger partial charge in [-0.2, -0.15) is 0 Å². The van der Waals surface area contributed by atoms with E-state index in [0.717, 1.165) is 27.0 Å². The molecule has 2 atom stereocenters. The predicted octanol–water partition coefficient (Wildman–Crippen LogP) is 4.85. The molecule has 7 nitrogen and oxygen atoms in total. The Kier molecular flexibility index (Phi) is 10.2. The minimum Gasteiger partial charge on any atom is -0.352 e. The number of carbonyl (C=O) groups excluding carboxylic acids is 2. The number of benzene rings is 2. The molecule has 0 radical (unpaired) electrons. The fraction of sp³-hybridized carbons (Fsp3) is 0.391. The Bertz CT molecular complexity index is 1130. The van der Waals surface area contributed by atoms with Crippen LogP contribution in [0.25, 0.3) is 0 Å². The van der Waals surface area contributed by atoms with Crippen molar-refractivity contribution in [3.63, 3.8) is 0 Å². The second-order valence-corrected chi connectivity index (χ2v) is 11.6. The lowest BCUT2D eigenvalue weighted by Gasteiger charge is -2.32. The number of carbonyl (C=O) groups is 2. The molecule has 1 N–H and O–H groups in total. The van der Waals surface area contributed by atoms with E-state index >= 15 is 0 Å². The molecule has 0 unspecified atom stereocenters. The minimum absolute atomic E-state index is 0.0180. The highest BCUT2D eigenvalue weighted by atomic mass is 79.9. The van der Waals surface area contributed by atoms with Crippen molar-refractivity contribution in [1.82, 2.24) is 10.2 Å². The van der Waals surface area contributed by atoms with Gasteiger partial charge in [0, 0.05) is 17.1 Å². The molecule has 186 valence electrons. The van der Waals surface area contributed by atoms with E-state index in [1.807, 2.05) is 38.1 Å². The van der Waals surface area contributed by atoms with Crippen LogP contribution in [0.15, 0.2) is 46.9 Å². The molecule has 0 fully saturated rings. The van der Waals surface area contributed by atoms with E-state index in [4.69, 9.17) is 23.2 Å². The van der Waals surface area contributed by atoms with Crippen LogP contribution < -0.4 is 9.62 Å². The first-order valence-corrected chi connectivity index (χ1v) is 14.0. The van der Waals surface area contributed by atoms with E-state index in [1.165, 1.54) is 17.0 Å². The molecule has 0 heterocycles. The number of nitrogens with one attached hydrogen (secondary N) is 1. The van der Waals surface area contributed by atoms with Gasteiger partial charge in [-0.15, -0.1) is 0 Å². The molecule has 0 spiro atoms. The lowest BCUT2D eigenvalue weighted by atomic mass is 10.1. The molecule has 11 heteroatoms. The Morgan fingerprint density at radius 1 is 1.09 bits per heavy atom. The monoisotopic (exact) mass is 591 g/mol. The average Bonchev–Trinajstić information content (AvgIpc) is 2.77. The molecule has 0 saturated heterocycles. The zero-order valence-electron chi connectivity index (χ0n) is 19.4. The third-order valence-corrected chi connectivity index (χ3v) is 7.78. The van der Waals surface area contributed by atoms with Gasteiger partial charge in [0.05, 0.1) is 22.0 Å². The van der Waals surface area contributed by atoms with E-state index in [1.54, 1.807) is 13.0 Å². The lowest BCUT2D eigenvalue weighted by Crippen LogP contribution is -2.52. The van der Waals surface area contributed by atoms with Crippen molar-refractivity contribution >= 4 is 66.7 Å². The summed E-state index contributed by atoms with van der Waals surface area (Å²) in [6.45, 7) is 5.00. The van der Waals surface area contributed by atoms with Crippen LogP contribution in [0.2, 0.25) is 10.0 Å². The highest BCUT2D eigenvalue weighted by Gasteiger charge is 2.31. The van der Waals surface area contributed by atoms with Crippen LogP contribution in [-0.4, -0.2) is 50.0 Å². The summed E-state index contributed by atoms with van der Waals surface area (Å²) in [6, 6.07) is 10.9. The van der Waals surface area contributed by atoms with Crippen molar-refractivity contribution in [2.24, 2.45) is 0 Å². The number of sulfonamides is 1. The number of amides is 2. The lowest BCUT2D eigenvalue weighted by molar-refractivity contribution is -0.139. The normalized spacial score (nSPS) is 13.1. The van der Waals surface area contributed by atoms with E-state index in [2.05, 4.69) is 21.2 Å². The van der Waals surface area contributed by atoms with Gasteiger partial charge in [-0.1, -0.05) is 64.3 Å². The molecule has 2 aromatic carbocycles. The van der Waals surface area contributed by atoms with Crippen LogP contribution in [0.4, 0.5) is 5.69 Å². The fourth-order valence-electron chi connectivity index (χ4n) is 3.11. The highest BCUT2D eigenvalue weighted by Crippen LogP contribution is 2.33. The topological polar surface area (TPSA) is 86.8 Å². The Morgan fingerprint density at radius 2 is 1.71 bits per heavy atom. The number of nitrogens with zero attached hydrogens (tertiary/aromatic N) is 2. The van der Waals surface area contributed by atoms with Gasteiger partial charge in [0.2, 0.25) is 21.8 Å². The van der Waals surface area contributed by atoms with Gasteiger partial charge < -0.3 is 10.2 Å². The molecule has 0 aliphatic heterocycles. The molecule has 0 saturated carbocycles. The smallest absolute Gasteiger partial charge is 0.244 e.